The Morgan fingerprint density at radius 3 is 2.73 bits per heavy atom. The summed E-state index contributed by atoms with van der Waals surface area (Å²) in [6, 6.07) is 3.65. The molecule has 0 amide bonds. The van der Waals surface area contributed by atoms with E-state index in [9.17, 15) is 4.79 Å². The molecule has 0 saturated carbocycles. The monoisotopic (exact) mass is 271 g/mol. The molecule has 1 aromatic carbocycles. The number of methoxy groups -OCH3 is 1. The third-order valence-corrected chi connectivity index (χ3v) is 2.76. The molecule has 0 unspecified atom stereocenters. The van der Waals surface area contributed by atoms with Gasteiger partial charge in [-0.15, -0.1) is 0 Å². The average molecular weight is 272 g/mol. The Balaban J connectivity index is 3.12. The second-order valence-corrected chi connectivity index (χ2v) is 4.11. The molecular weight excluding hydrogens is 258 g/mol. The zero-order valence-corrected chi connectivity index (χ0v) is 10.6. The highest BCUT2D eigenvalue weighted by Gasteiger charge is 2.11. The van der Waals surface area contributed by atoms with E-state index in [4.69, 9.17) is 4.74 Å². The molecule has 1 aromatic rings. The average Bonchev–Trinajstić information content (AvgIpc) is 2.18. The summed E-state index contributed by atoms with van der Waals surface area (Å²) in [6.07, 6.45) is 0. The Bertz CT molecular complexity index is 377. The van der Waals surface area contributed by atoms with Crippen molar-refractivity contribution in [3.8, 4) is 5.75 Å². The molecule has 4 heteroatoms. The Kier molecular flexibility index (Phi) is 4.29. The number of nitrogens with one attached hydrogen (secondary N) is 1. The number of Topliss-reactive ketones (excluding diaryl/α,β-unsaturated/α-hetero) is 1. The Morgan fingerprint density at radius 1 is 1.53 bits per heavy atom. The first-order valence-corrected chi connectivity index (χ1v) is 5.41. The van der Waals surface area contributed by atoms with Crippen LogP contribution in [0, 0.1) is 6.92 Å². The lowest BCUT2D eigenvalue weighted by Gasteiger charge is -2.09. The van der Waals surface area contributed by atoms with Crippen molar-refractivity contribution in [1.82, 2.24) is 5.32 Å². The van der Waals surface area contributed by atoms with Crippen LogP contribution in [0.4, 0.5) is 0 Å². The van der Waals surface area contributed by atoms with E-state index >= 15 is 0 Å². The fraction of sp³-hybridized carbons (Fsp3) is 0.364. The lowest BCUT2D eigenvalue weighted by molar-refractivity contribution is 0.0992. The van der Waals surface area contributed by atoms with Gasteiger partial charge < -0.3 is 10.1 Å². The van der Waals surface area contributed by atoms with Gasteiger partial charge in [0.15, 0.2) is 5.78 Å². The van der Waals surface area contributed by atoms with E-state index in [2.05, 4.69) is 21.2 Å². The van der Waals surface area contributed by atoms with Crippen LogP contribution in [0.1, 0.15) is 15.9 Å². The van der Waals surface area contributed by atoms with Crippen LogP contribution >= 0.6 is 15.9 Å². The summed E-state index contributed by atoms with van der Waals surface area (Å²) in [4.78, 5) is 11.7. The molecule has 0 aliphatic heterocycles. The van der Waals surface area contributed by atoms with Gasteiger partial charge in [0.1, 0.15) is 5.75 Å². The zero-order valence-electron chi connectivity index (χ0n) is 9.06. The summed E-state index contributed by atoms with van der Waals surface area (Å²) in [6.45, 7) is 2.25. The molecule has 1 N–H and O–H groups in total. The van der Waals surface area contributed by atoms with Gasteiger partial charge in [-0.2, -0.15) is 0 Å². The molecule has 3 nitrogen and oxygen atoms in total. The first-order valence-electron chi connectivity index (χ1n) is 4.62. The van der Waals surface area contributed by atoms with Crippen LogP contribution in [-0.2, 0) is 0 Å². The number of ether oxygens (including phenoxy) is 1. The summed E-state index contributed by atoms with van der Waals surface area (Å²) in [5.74, 6) is 0.751. The normalized spacial score (nSPS) is 10.1. The van der Waals surface area contributed by atoms with Crippen molar-refractivity contribution in [2.24, 2.45) is 0 Å². The van der Waals surface area contributed by atoms with Crippen molar-refractivity contribution in [1.29, 1.82) is 0 Å². The molecule has 15 heavy (non-hydrogen) atoms. The summed E-state index contributed by atoms with van der Waals surface area (Å²) < 4.78 is 6.01. The largest absolute Gasteiger partial charge is 0.496 e. The molecule has 82 valence electrons. The quantitative estimate of drug-likeness (QED) is 0.854. The lowest BCUT2D eigenvalue weighted by atomic mass is 10.0. The second kappa shape index (κ2) is 5.28. The topological polar surface area (TPSA) is 38.3 Å². The van der Waals surface area contributed by atoms with Crippen molar-refractivity contribution >= 4 is 21.7 Å². The first kappa shape index (κ1) is 12.2. The number of hydrogen-bond donors (Lipinski definition) is 1. The fourth-order valence-corrected chi connectivity index (χ4v) is 1.99. The number of aryl methyl sites for hydroxylation is 1. The van der Waals surface area contributed by atoms with Crippen LogP contribution in [0.25, 0.3) is 0 Å². The highest BCUT2D eigenvalue weighted by atomic mass is 79.9. The van der Waals surface area contributed by atoms with Crippen molar-refractivity contribution < 1.29 is 9.53 Å². The van der Waals surface area contributed by atoms with Crippen LogP contribution in [-0.4, -0.2) is 26.5 Å². The molecule has 0 heterocycles. The number of carbonyl (C=O) groups is 1. The molecule has 0 aliphatic carbocycles. The summed E-state index contributed by atoms with van der Waals surface area (Å²) >= 11 is 3.38. The van der Waals surface area contributed by atoms with Crippen molar-refractivity contribution in [2.75, 3.05) is 20.7 Å². The molecule has 0 aliphatic rings. The number of hydrogen-bond acceptors (Lipinski definition) is 3. The Hall–Kier alpha value is -0.870. The maximum atomic E-state index is 11.7. The summed E-state index contributed by atoms with van der Waals surface area (Å²) in [5, 5.41) is 2.84. The molecule has 0 spiro atoms. The Labute approximate surface area is 97.9 Å². The molecule has 0 fully saturated rings. The maximum Gasteiger partial charge on any atom is 0.176 e. The van der Waals surface area contributed by atoms with Gasteiger partial charge in [0.25, 0.3) is 0 Å². The SMILES string of the molecule is CNCC(=O)c1cc(OC)c(Br)cc1C. The second-order valence-electron chi connectivity index (χ2n) is 3.26. The van der Waals surface area contributed by atoms with E-state index in [0.717, 1.165) is 10.0 Å². The van der Waals surface area contributed by atoms with Crippen molar-refractivity contribution in [3.05, 3.63) is 27.7 Å². The van der Waals surface area contributed by atoms with Gasteiger partial charge in [-0.25, -0.2) is 0 Å². The molecular formula is C11H14BrNO2. The molecule has 1 rings (SSSR count). The van der Waals surface area contributed by atoms with Crippen LogP contribution < -0.4 is 10.1 Å². The highest BCUT2D eigenvalue weighted by Crippen LogP contribution is 2.28. The van der Waals surface area contributed by atoms with Crippen molar-refractivity contribution in [3.63, 3.8) is 0 Å². The van der Waals surface area contributed by atoms with Gasteiger partial charge in [0.2, 0.25) is 0 Å². The predicted octanol–water partition coefficient (Wildman–Crippen LogP) is 2.17. The predicted molar refractivity (Wildman–Crippen MR) is 63.7 cm³/mol. The summed E-state index contributed by atoms with van der Waals surface area (Å²) in [7, 11) is 3.34. The van der Waals surface area contributed by atoms with E-state index in [1.807, 2.05) is 13.0 Å². The smallest absolute Gasteiger partial charge is 0.176 e. The van der Waals surface area contributed by atoms with Gasteiger partial charge in [-0.1, -0.05) is 0 Å². The molecule has 0 bridgehead atoms. The maximum absolute atomic E-state index is 11.7. The van der Waals surface area contributed by atoms with Crippen LogP contribution in [0.2, 0.25) is 0 Å². The van der Waals surface area contributed by atoms with Gasteiger partial charge in [0.05, 0.1) is 18.1 Å². The first-order chi connectivity index (χ1) is 7.10. The fourth-order valence-electron chi connectivity index (χ4n) is 1.37. The van der Waals surface area contributed by atoms with E-state index in [-0.39, 0.29) is 5.78 Å². The van der Waals surface area contributed by atoms with Crippen LogP contribution in [0.5, 0.6) is 5.75 Å². The van der Waals surface area contributed by atoms with E-state index in [1.165, 1.54) is 0 Å². The van der Waals surface area contributed by atoms with Crippen LogP contribution in [0.15, 0.2) is 16.6 Å². The highest BCUT2D eigenvalue weighted by molar-refractivity contribution is 9.10. The van der Waals surface area contributed by atoms with Crippen LogP contribution in [0.3, 0.4) is 0 Å². The number of rotatable bonds is 4. The number of benzene rings is 1. The minimum Gasteiger partial charge on any atom is -0.496 e. The van der Waals surface area contributed by atoms with Gasteiger partial charge >= 0.3 is 0 Å². The molecule has 0 atom stereocenters. The van der Waals surface area contributed by atoms with Gasteiger partial charge in [-0.05, 0) is 47.6 Å². The Morgan fingerprint density at radius 2 is 2.20 bits per heavy atom. The summed E-state index contributed by atoms with van der Waals surface area (Å²) in [5.41, 5.74) is 1.65. The minimum atomic E-state index is 0.0702. The van der Waals surface area contributed by atoms with E-state index < -0.39 is 0 Å². The minimum absolute atomic E-state index is 0.0702. The number of carbonyl (C=O) groups excluding carboxylic acids is 1. The lowest BCUT2D eigenvalue weighted by Crippen LogP contribution is -2.19. The third-order valence-electron chi connectivity index (χ3n) is 2.14. The third kappa shape index (κ3) is 2.79. The standard InChI is InChI=1S/C11H14BrNO2/c1-7-4-9(12)11(15-3)5-8(7)10(14)6-13-2/h4-5,13H,6H2,1-3H3. The number of ketones is 1. The zero-order chi connectivity index (χ0) is 11.4. The van der Waals surface area contributed by atoms with E-state index in [1.54, 1.807) is 20.2 Å². The van der Waals surface area contributed by atoms with Crippen molar-refractivity contribution in [2.45, 2.75) is 6.92 Å². The van der Waals surface area contributed by atoms with E-state index in [0.29, 0.717) is 17.9 Å². The molecule has 0 saturated heterocycles. The number of halogens is 1. The molecule has 0 radical (unpaired) electrons. The van der Waals surface area contributed by atoms with Gasteiger partial charge in [-0.3, -0.25) is 4.79 Å². The van der Waals surface area contributed by atoms with Gasteiger partial charge in [0, 0.05) is 5.56 Å². The molecule has 0 aromatic heterocycles. The number of likely N-dealkylation sites (N-methyl/N-ethyl adjacent to an activating group) is 1.